The average molecular weight is 194 g/mol. The summed E-state index contributed by atoms with van der Waals surface area (Å²) in [5.41, 5.74) is 5.12. The molecule has 0 saturated carbocycles. The van der Waals surface area contributed by atoms with Crippen molar-refractivity contribution in [3.63, 3.8) is 0 Å². The van der Waals surface area contributed by atoms with E-state index in [1.807, 2.05) is 0 Å². The Bertz CT molecular complexity index is 325. The smallest absolute Gasteiger partial charge is 0.271 e. The highest BCUT2D eigenvalue weighted by Crippen LogP contribution is 1.89. The van der Waals surface area contributed by atoms with Crippen LogP contribution in [0.5, 0.6) is 0 Å². The molecule has 6 heteroatoms. The molecule has 0 fully saturated rings. The van der Waals surface area contributed by atoms with E-state index in [-0.39, 0.29) is 24.6 Å². The summed E-state index contributed by atoms with van der Waals surface area (Å²) in [6.45, 7) is 0.213. The van der Waals surface area contributed by atoms with Gasteiger partial charge in [0.05, 0.1) is 6.20 Å². The van der Waals surface area contributed by atoms with Crippen molar-refractivity contribution in [1.29, 1.82) is 0 Å². The molecule has 74 valence electrons. The van der Waals surface area contributed by atoms with Gasteiger partial charge in [0.25, 0.3) is 5.91 Å². The van der Waals surface area contributed by atoms with E-state index in [0.29, 0.717) is 0 Å². The zero-order valence-corrected chi connectivity index (χ0v) is 7.43. The lowest BCUT2D eigenvalue weighted by Gasteiger charge is -2.01. The highest BCUT2D eigenvalue weighted by Gasteiger charge is 2.05. The molecule has 2 amide bonds. The fourth-order valence-corrected chi connectivity index (χ4v) is 0.806. The molecule has 0 unspecified atom stereocenters. The zero-order chi connectivity index (χ0) is 10.4. The number of carbonyl (C=O) groups excluding carboxylic acids is 2. The van der Waals surface area contributed by atoms with Crippen molar-refractivity contribution < 1.29 is 9.59 Å². The Kier molecular flexibility index (Phi) is 3.54. The fourth-order valence-electron chi connectivity index (χ4n) is 0.806. The van der Waals surface area contributed by atoms with Crippen molar-refractivity contribution in [2.24, 2.45) is 5.73 Å². The molecule has 0 aliphatic carbocycles. The number of nitrogens with two attached hydrogens (primary N) is 1. The van der Waals surface area contributed by atoms with E-state index < -0.39 is 5.91 Å². The van der Waals surface area contributed by atoms with Crippen LogP contribution >= 0.6 is 0 Å². The van der Waals surface area contributed by atoms with Crippen LogP contribution < -0.4 is 11.1 Å². The molecule has 14 heavy (non-hydrogen) atoms. The van der Waals surface area contributed by atoms with Gasteiger partial charge in [-0.2, -0.15) is 0 Å². The molecule has 0 aromatic carbocycles. The lowest BCUT2D eigenvalue weighted by Crippen LogP contribution is -2.28. The van der Waals surface area contributed by atoms with Crippen LogP contribution in [-0.4, -0.2) is 28.3 Å². The Balaban J connectivity index is 2.40. The number of nitrogens with zero attached hydrogens (tertiary/aromatic N) is 2. The molecule has 3 N–H and O–H groups in total. The molecule has 0 saturated heterocycles. The van der Waals surface area contributed by atoms with Crippen LogP contribution in [0.15, 0.2) is 18.6 Å². The topological polar surface area (TPSA) is 98.0 Å². The van der Waals surface area contributed by atoms with Gasteiger partial charge in [-0.25, -0.2) is 4.98 Å². The van der Waals surface area contributed by atoms with Crippen LogP contribution in [0, 0.1) is 0 Å². The third-order valence-electron chi connectivity index (χ3n) is 1.45. The Morgan fingerprint density at radius 3 is 2.79 bits per heavy atom. The van der Waals surface area contributed by atoms with Gasteiger partial charge in [-0.1, -0.05) is 0 Å². The molecule has 0 radical (unpaired) electrons. The Hall–Kier alpha value is -1.98. The molecule has 0 bridgehead atoms. The number of hydrogen-bond acceptors (Lipinski definition) is 4. The van der Waals surface area contributed by atoms with E-state index >= 15 is 0 Å². The number of nitrogens with one attached hydrogen (secondary N) is 1. The number of carbonyl (C=O) groups is 2. The first-order chi connectivity index (χ1) is 6.70. The lowest BCUT2D eigenvalue weighted by molar-refractivity contribution is -0.117. The van der Waals surface area contributed by atoms with Crippen LogP contribution in [0.4, 0.5) is 0 Å². The molecule has 0 aliphatic rings. The minimum absolute atomic E-state index is 0.117. The summed E-state index contributed by atoms with van der Waals surface area (Å²) in [4.78, 5) is 29.1. The molecule has 0 spiro atoms. The van der Waals surface area contributed by atoms with Gasteiger partial charge >= 0.3 is 0 Å². The van der Waals surface area contributed by atoms with Gasteiger partial charge < -0.3 is 11.1 Å². The van der Waals surface area contributed by atoms with E-state index in [9.17, 15) is 9.59 Å². The van der Waals surface area contributed by atoms with Crippen molar-refractivity contribution in [2.75, 3.05) is 6.54 Å². The second kappa shape index (κ2) is 4.90. The number of hydrogen-bond donors (Lipinski definition) is 2. The summed E-state index contributed by atoms with van der Waals surface area (Å²) in [6, 6.07) is 0. The Labute approximate surface area is 80.5 Å². The van der Waals surface area contributed by atoms with Crippen LogP contribution in [0.3, 0.4) is 0 Å². The molecule has 6 nitrogen and oxygen atoms in total. The first kappa shape index (κ1) is 10.1. The maximum absolute atomic E-state index is 11.3. The van der Waals surface area contributed by atoms with E-state index in [1.165, 1.54) is 18.6 Å². The van der Waals surface area contributed by atoms with Gasteiger partial charge in [-0.05, 0) is 0 Å². The highest BCUT2D eigenvalue weighted by molar-refractivity contribution is 5.92. The third-order valence-corrected chi connectivity index (χ3v) is 1.45. The fraction of sp³-hybridized carbons (Fsp3) is 0.250. The van der Waals surface area contributed by atoms with Gasteiger partial charge in [-0.3, -0.25) is 14.6 Å². The summed E-state index contributed by atoms with van der Waals surface area (Å²) in [6.07, 6.45) is 4.36. The lowest BCUT2D eigenvalue weighted by atomic mass is 10.3. The molecule has 0 aliphatic heterocycles. The third kappa shape index (κ3) is 3.18. The quantitative estimate of drug-likeness (QED) is 0.647. The van der Waals surface area contributed by atoms with Gasteiger partial charge in [0, 0.05) is 25.4 Å². The van der Waals surface area contributed by atoms with Crippen molar-refractivity contribution in [3.8, 4) is 0 Å². The first-order valence-electron chi connectivity index (χ1n) is 4.02. The second-order valence-electron chi connectivity index (χ2n) is 2.56. The SMILES string of the molecule is NC(=O)CCNC(=O)c1cnccn1. The van der Waals surface area contributed by atoms with Gasteiger partial charge in [-0.15, -0.1) is 0 Å². The van der Waals surface area contributed by atoms with Gasteiger partial charge in [0.15, 0.2) is 0 Å². The minimum atomic E-state index is -0.454. The largest absolute Gasteiger partial charge is 0.370 e. The Morgan fingerprint density at radius 2 is 2.21 bits per heavy atom. The molecular weight excluding hydrogens is 184 g/mol. The zero-order valence-electron chi connectivity index (χ0n) is 7.43. The predicted molar refractivity (Wildman–Crippen MR) is 48.2 cm³/mol. The maximum Gasteiger partial charge on any atom is 0.271 e. The molecule has 1 heterocycles. The molecule has 1 rings (SSSR count). The molecular formula is C8H10N4O2. The average Bonchev–Trinajstić information content (AvgIpc) is 2.18. The minimum Gasteiger partial charge on any atom is -0.370 e. The summed E-state index contributed by atoms with van der Waals surface area (Å²) in [5, 5.41) is 2.49. The van der Waals surface area contributed by atoms with Crippen molar-refractivity contribution in [3.05, 3.63) is 24.3 Å². The highest BCUT2D eigenvalue weighted by atomic mass is 16.2. The van der Waals surface area contributed by atoms with Crippen LogP contribution in [0.2, 0.25) is 0 Å². The number of amides is 2. The molecule has 1 aromatic rings. The van der Waals surface area contributed by atoms with E-state index in [1.54, 1.807) is 0 Å². The van der Waals surface area contributed by atoms with Gasteiger partial charge in [0.2, 0.25) is 5.91 Å². The van der Waals surface area contributed by atoms with Crippen molar-refractivity contribution in [2.45, 2.75) is 6.42 Å². The summed E-state index contributed by atoms with van der Waals surface area (Å²) >= 11 is 0. The van der Waals surface area contributed by atoms with Crippen molar-refractivity contribution >= 4 is 11.8 Å². The van der Waals surface area contributed by atoms with Crippen LogP contribution in [0.25, 0.3) is 0 Å². The standard InChI is InChI=1S/C8H10N4O2/c9-7(13)1-2-12-8(14)6-5-10-3-4-11-6/h3-5H,1-2H2,(H2,9,13)(H,12,14). The Morgan fingerprint density at radius 1 is 1.43 bits per heavy atom. The number of aromatic nitrogens is 2. The van der Waals surface area contributed by atoms with Crippen LogP contribution in [-0.2, 0) is 4.79 Å². The number of rotatable bonds is 4. The summed E-state index contributed by atoms with van der Waals surface area (Å²) in [7, 11) is 0. The van der Waals surface area contributed by atoms with Gasteiger partial charge in [0.1, 0.15) is 5.69 Å². The number of primary amides is 1. The molecule has 0 atom stereocenters. The molecule has 1 aromatic heterocycles. The normalized spacial score (nSPS) is 9.43. The van der Waals surface area contributed by atoms with Crippen LogP contribution in [0.1, 0.15) is 16.9 Å². The second-order valence-corrected chi connectivity index (χ2v) is 2.56. The van der Waals surface area contributed by atoms with E-state index in [4.69, 9.17) is 5.73 Å². The first-order valence-corrected chi connectivity index (χ1v) is 4.02. The summed E-state index contributed by atoms with van der Waals surface area (Å²) < 4.78 is 0. The predicted octanol–water partition coefficient (Wildman–Crippen LogP) is -0.918. The maximum atomic E-state index is 11.3. The monoisotopic (exact) mass is 194 g/mol. The van der Waals surface area contributed by atoms with E-state index in [2.05, 4.69) is 15.3 Å². The van der Waals surface area contributed by atoms with Crippen molar-refractivity contribution in [1.82, 2.24) is 15.3 Å². The summed E-state index contributed by atoms with van der Waals surface area (Å²) in [5.74, 6) is -0.816. The van der Waals surface area contributed by atoms with E-state index in [0.717, 1.165) is 0 Å².